The first-order valence-corrected chi connectivity index (χ1v) is 12.6. The number of ether oxygens (including phenoxy) is 1. The van der Waals surface area contributed by atoms with Crippen molar-refractivity contribution in [2.45, 2.75) is 56.6 Å². The smallest absolute Gasteiger partial charge is 0.263 e. The summed E-state index contributed by atoms with van der Waals surface area (Å²) >= 11 is 0. The molecule has 1 atom stereocenters. The highest BCUT2D eigenvalue weighted by molar-refractivity contribution is 7.90. The summed E-state index contributed by atoms with van der Waals surface area (Å²) in [6.07, 6.45) is 4.74. The Kier molecular flexibility index (Phi) is 6.91. The van der Waals surface area contributed by atoms with Crippen molar-refractivity contribution in [3.63, 3.8) is 0 Å². The number of benzene rings is 2. The lowest BCUT2D eigenvalue weighted by Crippen LogP contribution is -2.30. The minimum Gasteiger partial charge on any atom is -0.376 e. The first-order valence-electron chi connectivity index (χ1n) is 11.1. The van der Waals surface area contributed by atoms with E-state index in [1.165, 1.54) is 18.9 Å². The molecule has 0 bridgehead atoms. The second-order valence-electron chi connectivity index (χ2n) is 8.39. The van der Waals surface area contributed by atoms with Crippen LogP contribution in [0, 0.1) is 5.92 Å². The van der Waals surface area contributed by atoms with E-state index in [0.717, 1.165) is 25.0 Å². The van der Waals surface area contributed by atoms with Crippen molar-refractivity contribution in [2.75, 3.05) is 11.9 Å². The molecule has 1 amide bonds. The van der Waals surface area contributed by atoms with E-state index in [9.17, 15) is 13.2 Å². The molecule has 32 heavy (non-hydrogen) atoms. The van der Waals surface area contributed by atoms with Crippen LogP contribution in [-0.2, 0) is 26.2 Å². The molecule has 0 spiro atoms. The molecule has 1 fully saturated rings. The van der Waals surface area contributed by atoms with Crippen LogP contribution in [0.4, 0.5) is 5.69 Å². The minimum atomic E-state index is -3.65. The van der Waals surface area contributed by atoms with E-state index in [1.54, 1.807) is 18.2 Å². The van der Waals surface area contributed by atoms with Crippen molar-refractivity contribution in [1.82, 2.24) is 4.72 Å². The van der Waals surface area contributed by atoms with Crippen LogP contribution in [0.1, 0.15) is 50.2 Å². The fraction of sp³-hybridized carbons (Fsp3) is 0.417. The number of hydrogen-bond acceptors (Lipinski definition) is 5. The zero-order chi connectivity index (χ0) is 22.6. The highest BCUT2D eigenvalue weighted by Crippen LogP contribution is 2.29. The Labute approximate surface area is 189 Å². The first kappa shape index (κ1) is 22.5. The number of nitrogens with one attached hydrogen (secondary N) is 2. The van der Waals surface area contributed by atoms with Crippen molar-refractivity contribution >= 4 is 27.5 Å². The normalized spacial score (nSPS) is 18.7. The van der Waals surface area contributed by atoms with E-state index in [1.807, 2.05) is 31.2 Å². The molecule has 1 aliphatic carbocycles. The van der Waals surface area contributed by atoms with Gasteiger partial charge in [-0.25, -0.2) is 8.42 Å². The molecule has 1 aliphatic heterocycles. The van der Waals surface area contributed by atoms with E-state index >= 15 is 0 Å². The second-order valence-corrected chi connectivity index (χ2v) is 10.0. The van der Waals surface area contributed by atoms with Gasteiger partial charge in [-0.2, -0.15) is 0 Å². The number of carbonyl (C=O) groups excluding carboxylic acids is 1. The van der Waals surface area contributed by atoms with Crippen LogP contribution in [0.3, 0.4) is 0 Å². The topological polar surface area (TPSA) is 96.9 Å². The van der Waals surface area contributed by atoms with E-state index in [4.69, 9.17) is 4.74 Å². The van der Waals surface area contributed by atoms with Gasteiger partial charge in [0.05, 0.1) is 11.5 Å². The monoisotopic (exact) mass is 455 g/mol. The lowest BCUT2D eigenvalue weighted by molar-refractivity contribution is -0.117. The molecular weight excluding hydrogens is 426 g/mol. The fourth-order valence-electron chi connectivity index (χ4n) is 3.63. The summed E-state index contributed by atoms with van der Waals surface area (Å²) in [5, 5.41) is 2.94. The Bertz CT molecular complexity index is 1110. The number of nitrogens with zero attached hydrogens (tertiary/aromatic N) is 1. The minimum absolute atomic E-state index is 0.187. The predicted molar refractivity (Wildman–Crippen MR) is 124 cm³/mol. The molecule has 2 aliphatic rings. The van der Waals surface area contributed by atoms with Crippen molar-refractivity contribution < 1.29 is 17.9 Å². The standard InChI is InChI=1S/C24H29N3O4S/c1-2-3-10-21(26-23-20-9-4-5-11-22(20)32(29,30)27-23)24(28)25-19-8-6-7-18(14-19)16-31-15-17-12-13-17/h4-9,11,14,17,21H,2-3,10,12-13,15-16H2,1H3,(H,25,28)(H,26,27). The number of amidine groups is 1. The number of fused-ring (bicyclic) bond motifs is 1. The molecule has 2 N–H and O–H groups in total. The number of hydrogen-bond donors (Lipinski definition) is 2. The van der Waals surface area contributed by atoms with Crippen LogP contribution < -0.4 is 10.0 Å². The number of anilines is 1. The van der Waals surface area contributed by atoms with Gasteiger partial charge in [0.25, 0.3) is 10.0 Å². The van der Waals surface area contributed by atoms with Gasteiger partial charge in [-0.15, -0.1) is 0 Å². The maximum absolute atomic E-state index is 13.1. The van der Waals surface area contributed by atoms with Crippen LogP contribution in [-0.4, -0.2) is 32.8 Å². The number of carbonyl (C=O) groups is 1. The average molecular weight is 456 g/mol. The van der Waals surface area contributed by atoms with Crippen LogP contribution in [0.25, 0.3) is 0 Å². The van der Waals surface area contributed by atoms with E-state index in [-0.39, 0.29) is 16.6 Å². The molecule has 2 aromatic rings. The van der Waals surface area contributed by atoms with Gasteiger partial charge in [0.2, 0.25) is 5.91 Å². The summed E-state index contributed by atoms with van der Waals surface area (Å²) in [5.74, 6) is 0.666. The second kappa shape index (κ2) is 9.83. The third kappa shape index (κ3) is 5.55. The summed E-state index contributed by atoms with van der Waals surface area (Å²) in [5.41, 5.74) is 2.17. The molecule has 0 saturated heterocycles. The van der Waals surface area contributed by atoms with Gasteiger partial charge < -0.3 is 10.1 Å². The van der Waals surface area contributed by atoms with Crippen molar-refractivity contribution in [2.24, 2.45) is 10.9 Å². The zero-order valence-corrected chi connectivity index (χ0v) is 19.0. The molecule has 1 saturated carbocycles. The molecule has 0 aromatic heterocycles. The summed E-state index contributed by atoms with van der Waals surface area (Å²) in [7, 11) is -3.65. The molecule has 2 aromatic carbocycles. The maximum Gasteiger partial charge on any atom is 0.263 e. The average Bonchev–Trinajstić information content (AvgIpc) is 3.56. The third-order valence-electron chi connectivity index (χ3n) is 5.60. The Hall–Kier alpha value is -2.71. The Morgan fingerprint density at radius 3 is 2.81 bits per heavy atom. The maximum atomic E-state index is 13.1. The number of aliphatic imine (C=N–C) groups is 1. The Morgan fingerprint density at radius 1 is 1.22 bits per heavy atom. The number of sulfonamides is 1. The van der Waals surface area contributed by atoms with E-state index in [2.05, 4.69) is 15.0 Å². The quantitative estimate of drug-likeness (QED) is 0.569. The molecule has 1 unspecified atom stereocenters. The van der Waals surface area contributed by atoms with Gasteiger partial charge in [-0.3, -0.25) is 14.5 Å². The highest BCUT2D eigenvalue weighted by atomic mass is 32.2. The van der Waals surface area contributed by atoms with Gasteiger partial charge in [0.1, 0.15) is 11.9 Å². The van der Waals surface area contributed by atoms with Crippen LogP contribution in [0.5, 0.6) is 0 Å². The molecular formula is C24H29N3O4S. The largest absolute Gasteiger partial charge is 0.376 e. The Morgan fingerprint density at radius 2 is 2.03 bits per heavy atom. The summed E-state index contributed by atoms with van der Waals surface area (Å²) in [4.78, 5) is 17.8. The Balaban J connectivity index is 1.49. The van der Waals surface area contributed by atoms with E-state index in [0.29, 0.717) is 30.2 Å². The van der Waals surface area contributed by atoms with Crippen LogP contribution in [0.15, 0.2) is 58.4 Å². The zero-order valence-electron chi connectivity index (χ0n) is 18.2. The fourth-order valence-corrected chi connectivity index (χ4v) is 4.87. The van der Waals surface area contributed by atoms with Crippen molar-refractivity contribution in [1.29, 1.82) is 0 Å². The van der Waals surface area contributed by atoms with Crippen LogP contribution in [0.2, 0.25) is 0 Å². The summed E-state index contributed by atoms with van der Waals surface area (Å²) in [6.45, 7) is 3.34. The predicted octanol–water partition coefficient (Wildman–Crippen LogP) is 3.85. The molecule has 170 valence electrons. The van der Waals surface area contributed by atoms with Crippen molar-refractivity contribution in [3.05, 3.63) is 59.7 Å². The third-order valence-corrected chi connectivity index (χ3v) is 6.99. The lowest BCUT2D eigenvalue weighted by Gasteiger charge is -2.14. The summed E-state index contributed by atoms with van der Waals surface area (Å²) in [6, 6.07) is 13.6. The highest BCUT2D eigenvalue weighted by Gasteiger charge is 2.31. The molecule has 8 heteroatoms. The first-order chi connectivity index (χ1) is 15.5. The number of unbranched alkanes of at least 4 members (excludes halogenated alkanes) is 1. The van der Waals surface area contributed by atoms with Gasteiger partial charge in [0.15, 0.2) is 0 Å². The van der Waals surface area contributed by atoms with Gasteiger partial charge in [0, 0.05) is 17.9 Å². The number of rotatable bonds is 10. The SMILES string of the molecule is CCCCC(N=C1NS(=O)(=O)c2ccccc21)C(=O)Nc1cccc(COCC2CC2)c1. The molecule has 0 radical (unpaired) electrons. The summed E-state index contributed by atoms with van der Waals surface area (Å²) < 4.78 is 33.0. The van der Waals surface area contributed by atoms with Crippen LogP contribution >= 0.6 is 0 Å². The van der Waals surface area contributed by atoms with E-state index < -0.39 is 16.1 Å². The van der Waals surface area contributed by atoms with Crippen molar-refractivity contribution in [3.8, 4) is 0 Å². The van der Waals surface area contributed by atoms with Gasteiger partial charge in [-0.05, 0) is 55.0 Å². The molecule has 1 heterocycles. The number of amides is 1. The molecule has 7 nitrogen and oxygen atoms in total. The lowest BCUT2D eigenvalue weighted by atomic mass is 10.1. The molecule has 4 rings (SSSR count). The van der Waals surface area contributed by atoms with Gasteiger partial charge in [-0.1, -0.05) is 44.0 Å². The van der Waals surface area contributed by atoms with Gasteiger partial charge >= 0.3 is 0 Å².